The van der Waals surface area contributed by atoms with E-state index in [9.17, 15) is 14.7 Å². The molecule has 1 atom stereocenters. The van der Waals surface area contributed by atoms with Gasteiger partial charge < -0.3 is 15.0 Å². The normalized spacial score (nSPS) is 11.9. The van der Waals surface area contributed by atoms with Crippen LogP contribution in [0, 0.1) is 6.92 Å². The monoisotopic (exact) mass is 286 g/mol. The van der Waals surface area contributed by atoms with E-state index in [1.807, 2.05) is 19.1 Å². The van der Waals surface area contributed by atoms with E-state index in [1.165, 1.54) is 10.6 Å². The van der Waals surface area contributed by atoms with Crippen LogP contribution in [0.3, 0.4) is 0 Å². The van der Waals surface area contributed by atoms with Crippen LogP contribution in [-0.2, 0) is 6.54 Å². The van der Waals surface area contributed by atoms with E-state index >= 15 is 0 Å². The Hall–Kier alpha value is -2.40. The Bertz CT molecular complexity index is 662. The molecule has 0 radical (unpaired) electrons. The summed E-state index contributed by atoms with van der Waals surface area (Å²) in [5.41, 5.74) is 1.45. The van der Waals surface area contributed by atoms with E-state index in [1.54, 1.807) is 30.5 Å². The highest BCUT2D eigenvalue weighted by Crippen LogP contribution is 2.02. The first-order chi connectivity index (χ1) is 10.1. The van der Waals surface area contributed by atoms with Crippen molar-refractivity contribution in [2.75, 3.05) is 6.54 Å². The van der Waals surface area contributed by atoms with Gasteiger partial charge in [-0.25, -0.2) is 0 Å². The van der Waals surface area contributed by atoms with Crippen molar-refractivity contribution in [1.82, 2.24) is 9.88 Å². The molecule has 2 N–H and O–H groups in total. The summed E-state index contributed by atoms with van der Waals surface area (Å²) in [7, 11) is 0. The second-order valence-corrected chi connectivity index (χ2v) is 4.92. The average molecular weight is 286 g/mol. The zero-order valence-electron chi connectivity index (χ0n) is 11.8. The molecule has 5 nitrogen and oxygen atoms in total. The van der Waals surface area contributed by atoms with Crippen molar-refractivity contribution in [2.24, 2.45) is 0 Å². The number of pyridine rings is 1. The molecule has 1 aromatic carbocycles. The summed E-state index contributed by atoms with van der Waals surface area (Å²) in [6, 6.07) is 12.0. The molecule has 0 saturated heterocycles. The maximum absolute atomic E-state index is 11.9. The van der Waals surface area contributed by atoms with E-state index in [0.717, 1.165) is 5.56 Å². The van der Waals surface area contributed by atoms with Crippen LogP contribution in [0.2, 0.25) is 0 Å². The fraction of sp³-hybridized carbons (Fsp3) is 0.250. The molecule has 1 unspecified atom stereocenters. The lowest BCUT2D eigenvalue weighted by atomic mass is 10.1. The molecule has 5 heteroatoms. The molecule has 1 aromatic heterocycles. The van der Waals surface area contributed by atoms with Crippen LogP contribution in [0.25, 0.3) is 0 Å². The zero-order valence-corrected chi connectivity index (χ0v) is 11.8. The van der Waals surface area contributed by atoms with Crippen LogP contribution in [0.4, 0.5) is 0 Å². The van der Waals surface area contributed by atoms with Gasteiger partial charge in [0.1, 0.15) is 0 Å². The fourth-order valence-corrected chi connectivity index (χ4v) is 1.92. The molecule has 110 valence electrons. The number of aliphatic hydroxyl groups excluding tert-OH is 1. The first kappa shape index (κ1) is 15.0. The van der Waals surface area contributed by atoms with Gasteiger partial charge in [0.05, 0.1) is 12.6 Å². The number of aryl methyl sites for hydroxylation is 1. The number of hydrogen-bond acceptors (Lipinski definition) is 3. The molecule has 0 fully saturated rings. The molecule has 21 heavy (non-hydrogen) atoms. The lowest BCUT2D eigenvalue weighted by Crippen LogP contribution is -2.36. The van der Waals surface area contributed by atoms with E-state index in [2.05, 4.69) is 5.32 Å². The van der Waals surface area contributed by atoms with Crippen LogP contribution in [0.1, 0.15) is 15.9 Å². The lowest BCUT2D eigenvalue weighted by Gasteiger charge is -2.13. The highest BCUT2D eigenvalue weighted by atomic mass is 16.3. The molecule has 0 bridgehead atoms. The molecule has 0 saturated carbocycles. The van der Waals surface area contributed by atoms with Crippen molar-refractivity contribution in [3.63, 3.8) is 0 Å². The Morgan fingerprint density at radius 2 is 1.95 bits per heavy atom. The minimum absolute atomic E-state index is 0.0913. The Morgan fingerprint density at radius 1 is 1.24 bits per heavy atom. The van der Waals surface area contributed by atoms with Gasteiger partial charge in [0.25, 0.3) is 11.5 Å². The summed E-state index contributed by atoms with van der Waals surface area (Å²) in [6.45, 7) is 2.19. The molecular formula is C16H18N2O3. The summed E-state index contributed by atoms with van der Waals surface area (Å²) in [4.78, 5) is 23.4. The number of nitrogens with zero attached hydrogens (tertiary/aromatic N) is 1. The minimum atomic E-state index is -0.820. The number of carbonyl (C=O) groups is 1. The number of rotatable bonds is 5. The molecule has 1 amide bonds. The van der Waals surface area contributed by atoms with E-state index in [4.69, 9.17) is 0 Å². The van der Waals surface area contributed by atoms with Crippen LogP contribution < -0.4 is 10.9 Å². The largest absolute Gasteiger partial charge is 0.389 e. The number of amides is 1. The number of aromatic nitrogens is 1. The van der Waals surface area contributed by atoms with Gasteiger partial charge in [0.15, 0.2) is 0 Å². The Balaban J connectivity index is 1.88. The summed E-state index contributed by atoms with van der Waals surface area (Å²) in [5, 5.41) is 12.5. The minimum Gasteiger partial charge on any atom is -0.389 e. The first-order valence-corrected chi connectivity index (χ1v) is 6.74. The van der Waals surface area contributed by atoms with Crippen molar-refractivity contribution in [3.8, 4) is 0 Å². The van der Waals surface area contributed by atoms with Crippen molar-refractivity contribution in [2.45, 2.75) is 19.6 Å². The fourth-order valence-electron chi connectivity index (χ4n) is 1.92. The van der Waals surface area contributed by atoms with Gasteiger partial charge in [0, 0.05) is 24.4 Å². The van der Waals surface area contributed by atoms with Crippen molar-refractivity contribution in [1.29, 1.82) is 0 Å². The second kappa shape index (κ2) is 6.85. The van der Waals surface area contributed by atoms with Crippen molar-refractivity contribution < 1.29 is 9.90 Å². The molecule has 2 aromatic rings. The van der Waals surface area contributed by atoms with Gasteiger partial charge in [-0.15, -0.1) is 0 Å². The van der Waals surface area contributed by atoms with Crippen molar-refractivity contribution in [3.05, 3.63) is 70.1 Å². The van der Waals surface area contributed by atoms with Crippen LogP contribution in [0.15, 0.2) is 53.5 Å². The van der Waals surface area contributed by atoms with Gasteiger partial charge in [-0.2, -0.15) is 0 Å². The average Bonchev–Trinajstić information content (AvgIpc) is 2.48. The van der Waals surface area contributed by atoms with Crippen LogP contribution in [0.5, 0.6) is 0 Å². The molecule has 2 rings (SSSR count). The second-order valence-electron chi connectivity index (χ2n) is 4.92. The Morgan fingerprint density at radius 3 is 2.62 bits per heavy atom. The molecule has 0 aliphatic carbocycles. The number of hydrogen-bond donors (Lipinski definition) is 2. The SMILES string of the molecule is Cc1ccc(C(=O)NCC(O)Cn2ccccc2=O)cc1. The predicted octanol–water partition coefficient (Wildman–Crippen LogP) is 0.948. The lowest BCUT2D eigenvalue weighted by molar-refractivity contribution is 0.0903. The van der Waals surface area contributed by atoms with Crippen LogP contribution in [-0.4, -0.2) is 28.2 Å². The topological polar surface area (TPSA) is 71.3 Å². The highest BCUT2D eigenvalue weighted by Gasteiger charge is 2.09. The van der Waals surface area contributed by atoms with Gasteiger partial charge in [-0.3, -0.25) is 9.59 Å². The van der Waals surface area contributed by atoms with Gasteiger partial charge in [0.2, 0.25) is 0 Å². The summed E-state index contributed by atoms with van der Waals surface area (Å²) in [5.74, 6) is -0.241. The van der Waals surface area contributed by atoms with Crippen molar-refractivity contribution >= 4 is 5.91 Å². The number of nitrogens with one attached hydrogen (secondary N) is 1. The Kier molecular flexibility index (Phi) is 4.90. The quantitative estimate of drug-likeness (QED) is 0.859. The summed E-state index contributed by atoms with van der Waals surface area (Å²) >= 11 is 0. The van der Waals surface area contributed by atoms with E-state index < -0.39 is 6.10 Å². The summed E-state index contributed by atoms with van der Waals surface area (Å²) in [6.07, 6.45) is 0.785. The van der Waals surface area contributed by atoms with E-state index in [-0.39, 0.29) is 24.6 Å². The zero-order chi connectivity index (χ0) is 15.2. The molecule has 0 aliphatic heterocycles. The number of carbonyl (C=O) groups excluding carboxylic acids is 1. The number of benzene rings is 1. The van der Waals surface area contributed by atoms with Gasteiger partial charge >= 0.3 is 0 Å². The maximum atomic E-state index is 11.9. The van der Waals surface area contributed by atoms with E-state index in [0.29, 0.717) is 5.56 Å². The third kappa shape index (κ3) is 4.29. The summed E-state index contributed by atoms with van der Waals surface area (Å²) < 4.78 is 1.41. The molecule has 1 heterocycles. The molecular weight excluding hydrogens is 268 g/mol. The molecule has 0 aliphatic rings. The van der Waals surface area contributed by atoms with Gasteiger partial charge in [-0.1, -0.05) is 23.8 Å². The first-order valence-electron chi connectivity index (χ1n) is 6.74. The predicted molar refractivity (Wildman–Crippen MR) is 80.2 cm³/mol. The smallest absolute Gasteiger partial charge is 0.251 e. The Labute approximate surface area is 122 Å². The standard InChI is InChI=1S/C16H18N2O3/c1-12-5-7-13(8-6-12)16(21)17-10-14(19)11-18-9-3-2-4-15(18)20/h2-9,14,19H,10-11H2,1H3,(H,17,21). The van der Waals surface area contributed by atoms with Crippen LogP contribution >= 0.6 is 0 Å². The molecule has 0 spiro atoms. The third-order valence-electron chi connectivity index (χ3n) is 3.12. The van der Waals surface area contributed by atoms with Gasteiger partial charge in [-0.05, 0) is 25.1 Å². The number of aliphatic hydroxyl groups is 1. The third-order valence-corrected chi connectivity index (χ3v) is 3.12. The maximum Gasteiger partial charge on any atom is 0.251 e. The highest BCUT2D eigenvalue weighted by molar-refractivity contribution is 5.94.